The van der Waals surface area contributed by atoms with Gasteiger partial charge in [0.1, 0.15) is 17.8 Å². The van der Waals surface area contributed by atoms with Crippen molar-refractivity contribution in [3.63, 3.8) is 0 Å². The highest BCUT2D eigenvalue weighted by atomic mass is 19.1. The molecule has 4 nitrogen and oxygen atoms in total. The second-order valence-corrected chi connectivity index (χ2v) is 6.69. The van der Waals surface area contributed by atoms with Crippen molar-refractivity contribution in [2.75, 3.05) is 20.2 Å². The molecule has 1 aliphatic rings. The normalized spacial score (nSPS) is 18.2. The Morgan fingerprint density at radius 1 is 1.32 bits per heavy atom. The lowest BCUT2D eigenvalue weighted by Crippen LogP contribution is -2.35. The molecule has 3 rings (SSSR count). The minimum absolute atomic E-state index is 0.145. The number of piperidine rings is 1. The maximum absolute atomic E-state index is 13.0. The van der Waals surface area contributed by atoms with Crippen LogP contribution in [0, 0.1) is 11.7 Å². The number of aryl methyl sites for hydroxylation is 1. The van der Waals surface area contributed by atoms with Gasteiger partial charge in [0.05, 0.1) is 13.7 Å². The number of rotatable bonds is 6. The fourth-order valence-corrected chi connectivity index (χ4v) is 3.44. The van der Waals surface area contributed by atoms with Gasteiger partial charge in [-0.3, -0.25) is 9.69 Å². The Kier molecular flexibility index (Phi) is 5.87. The van der Waals surface area contributed by atoms with Crippen molar-refractivity contribution in [3.05, 3.63) is 64.0 Å². The van der Waals surface area contributed by atoms with Crippen LogP contribution in [0.4, 0.5) is 4.39 Å². The summed E-state index contributed by atoms with van der Waals surface area (Å²) in [6, 6.07) is 8.28. The largest absolute Gasteiger partial charge is 0.490 e. The van der Waals surface area contributed by atoms with E-state index in [1.807, 2.05) is 12.1 Å². The monoisotopic (exact) mass is 345 g/mol. The quantitative estimate of drug-likeness (QED) is 0.802. The van der Waals surface area contributed by atoms with Crippen LogP contribution in [0.25, 0.3) is 0 Å². The lowest BCUT2D eigenvalue weighted by atomic mass is 9.91. The fraction of sp³-hybridized carbons (Fsp3) is 0.450. The number of methoxy groups -OCH3 is 1. The molecule has 0 amide bonds. The summed E-state index contributed by atoms with van der Waals surface area (Å²) in [5, 5.41) is 0. The van der Waals surface area contributed by atoms with Crippen LogP contribution in [0.15, 0.2) is 45.8 Å². The molecule has 1 aliphatic heterocycles. The van der Waals surface area contributed by atoms with Gasteiger partial charge in [-0.1, -0.05) is 12.1 Å². The predicted molar refractivity (Wildman–Crippen MR) is 94.3 cm³/mol. The van der Waals surface area contributed by atoms with Gasteiger partial charge in [0.15, 0.2) is 0 Å². The van der Waals surface area contributed by atoms with Gasteiger partial charge in [-0.2, -0.15) is 0 Å². The fourth-order valence-electron chi connectivity index (χ4n) is 3.44. The van der Waals surface area contributed by atoms with E-state index in [9.17, 15) is 9.18 Å². The highest BCUT2D eigenvalue weighted by molar-refractivity contribution is 5.17. The molecule has 0 aliphatic carbocycles. The number of hydrogen-bond acceptors (Lipinski definition) is 4. The average molecular weight is 345 g/mol. The third-order valence-corrected chi connectivity index (χ3v) is 4.81. The Morgan fingerprint density at radius 2 is 2.12 bits per heavy atom. The highest BCUT2D eigenvalue weighted by Crippen LogP contribution is 2.23. The summed E-state index contributed by atoms with van der Waals surface area (Å²) < 4.78 is 23.4. The van der Waals surface area contributed by atoms with Gasteiger partial charge < -0.3 is 9.15 Å². The van der Waals surface area contributed by atoms with Gasteiger partial charge in [0.25, 0.3) is 0 Å². The zero-order valence-corrected chi connectivity index (χ0v) is 14.5. The Morgan fingerprint density at radius 3 is 2.84 bits per heavy atom. The van der Waals surface area contributed by atoms with Crippen molar-refractivity contribution in [2.45, 2.75) is 32.2 Å². The molecule has 0 bridgehead atoms. The molecule has 1 fully saturated rings. The van der Waals surface area contributed by atoms with E-state index in [1.54, 1.807) is 0 Å². The van der Waals surface area contributed by atoms with E-state index in [0.717, 1.165) is 32.4 Å². The van der Waals surface area contributed by atoms with Crippen molar-refractivity contribution in [2.24, 2.45) is 5.92 Å². The standard InChI is InChI=1S/C20H24FNO3/c1-24-20-14-25-18(11-19(20)23)13-22-10-2-3-16(12-22)5-4-15-6-8-17(21)9-7-15/h6-9,11,14,16H,2-5,10,12-13H2,1H3/t16-/m0/s1. The van der Waals surface area contributed by atoms with Crippen LogP contribution >= 0.6 is 0 Å². The van der Waals surface area contributed by atoms with Crippen molar-refractivity contribution < 1.29 is 13.5 Å². The van der Waals surface area contributed by atoms with Crippen LogP contribution in [-0.2, 0) is 13.0 Å². The molecule has 1 aromatic heterocycles. The Hall–Kier alpha value is -2.14. The molecule has 0 saturated carbocycles. The van der Waals surface area contributed by atoms with E-state index < -0.39 is 0 Å². The van der Waals surface area contributed by atoms with Crippen LogP contribution in [0.5, 0.6) is 5.75 Å². The van der Waals surface area contributed by atoms with Gasteiger partial charge in [-0.15, -0.1) is 0 Å². The summed E-state index contributed by atoms with van der Waals surface area (Å²) in [5.41, 5.74) is 1.04. The lowest BCUT2D eigenvalue weighted by Gasteiger charge is -2.32. The molecule has 25 heavy (non-hydrogen) atoms. The third kappa shape index (κ3) is 4.92. The smallest absolute Gasteiger partial charge is 0.227 e. The third-order valence-electron chi connectivity index (χ3n) is 4.81. The van der Waals surface area contributed by atoms with E-state index in [4.69, 9.17) is 9.15 Å². The van der Waals surface area contributed by atoms with Crippen LogP contribution in [0.2, 0.25) is 0 Å². The zero-order valence-electron chi connectivity index (χ0n) is 14.5. The molecule has 2 aromatic rings. The SMILES string of the molecule is COc1coc(CN2CCC[C@@H](CCc3ccc(F)cc3)C2)cc1=O. The van der Waals surface area contributed by atoms with Crippen molar-refractivity contribution in [1.82, 2.24) is 4.90 Å². The first-order valence-electron chi connectivity index (χ1n) is 8.76. The minimum Gasteiger partial charge on any atom is -0.490 e. The topological polar surface area (TPSA) is 42.7 Å². The summed E-state index contributed by atoms with van der Waals surface area (Å²) >= 11 is 0. The second kappa shape index (κ2) is 8.30. The van der Waals surface area contributed by atoms with Crippen molar-refractivity contribution in [1.29, 1.82) is 0 Å². The lowest BCUT2D eigenvalue weighted by molar-refractivity contribution is 0.150. The number of halogens is 1. The van der Waals surface area contributed by atoms with E-state index in [-0.39, 0.29) is 17.0 Å². The molecule has 0 unspecified atom stereocenters. The van der Waals surface area contributed by atoms with Crippen molar-refractivity contribution >= 4 is 0 Å². The van der Waals surface area contributed by atoms with Crippen LogP contribution in [0.3, 0.4) is 0 Å². The molecule has 2 heterocycles. The summed E-state index contributed by atoms with van der Waals surface area (Å²) in [4.78, 5) is 14.2. The van der Waals surface area contributed by atoms with Gasteiger partial charge in [0.2, 0.25) is 11.2 Å². The van der Waals surface area contributed by atoms with Crippen LogP contribution in [0.1, 0.15) is 30.6 Å². The van der Waals surface area contributed by atoms with Gasteiger partial charge in [0, 0.05) is 12.6 Å². The zero-order chi connectivity index (χ0) is 17.6. The van der Waals surface area contributed by atoms with Crippen molar-refractivity contribution in [3.8, 4) is 5.75 Å². The first-order valence-corrected chi connectivity index (χ1v) is 8.76. The highest BCUT2D eigenvalue weighted by Gasteiger charge is 2.20. The maximum Gasteiger partial charge on any atom is 0.227 e. The molecule has 1 atom stereocenters. The van der Waals surface area contributed by atoms with Gasteiger partial charge in [-0.05, 0) is 55.8 Å². The molecular formula is C20H24FNO3. The first-order chi connectivity index (χ1) is 12.1. The molecule has 0 radical (unpaired) electrons. The van der Waals surface area contributed by atoms with E-state index >= 15 is 0 Å². The van der Waals surface area contributed by atoms with Crippen LogP contribution in [-0.4, -0.2) is 25.1 Å². The Bertz CT molecular complexity index is 741. The molecule has 1 saturated heterocycles. The molecule has 5 heteroatoms. The average Bonchev–Trinajstić information content (AvgIpc) is 2.62. The predicted octanol–water partition coefficient (Wildman–Crippen LogP) is 3.63. The van der Waals surface area contributed by atoms with E-state index in [0.29, 0.717) is 18.2 Å². The van der Waals surface area contributed by atoms with Gasteiger partial charge in [-0.25, -0.2) is 4.39 Å². The first kappa shape index (κ1) is 17.7. The number of nitrogens with zero attached hydrogens (tertiary/aromatic N) is 1. The van der Waals surface area contributed by atoms with Gasteiger partial charge >= 0.3 is 0 Å². The summed E-state index contributed by atoms with van der Waals surface area (Å²) in [6.45, 7) is 2.66. The Labute approximate surface area is 147 Å². The number of ether oxygens (including phenoxy) is 1. The van der Waals surface area contributed by atoms with E-state index in [1.165, 1.54) is 43.6 Å². The number of hydrogen-bond donors (Lipinski definition) is 0. The molecule has 0 N–H and O–H groups in total. The second-order valence-electron chi connectivity index (χ2n) is 6.69. The van der Waals surface area contributed by atoms with E-state index in [2.05, 4.69) is 4.90 Å². The molecule has 0 spiro atoms. The summed E-state index contributed by atoms with van der Waals surface area (Å²) in [7, 11) is 1.46. The molecular weight excluding hydrogens is 321 g/mol. The Balaban J connectivity index is 1.53. The minimum atomic E-state index is -0.187. The molecule has 134 valence electrons. The molecule has 1 aromatic carbocycles. The van der Waals surface area contributed by atoms with Crippen LogP contribution < -0.4 is 10.2 Å². The number of likely N-dealkylation sites (tertiary alicyclic amines) is 1. The summed E-state index contributed by atoms with van der Waals surface area (Å²) in [6.07, 6.45) is 5.80. The summed E-state index contributed by atoms with van der Waals surface area (Å²) in [5.74, 6) is 1.34. The number of benzene rings is 1. The maximum atomic E-state index is 13.0.